The Morgan fingerprint density at radius 1 is 0.365 bits per heavy atom. The lowest BCUT2D eigenvalue weighted by atomic mass is 9.82. The topological polar surface area (TPSA) is 6.48 Å². The summed E-state index contributed by atoms with van der Waals surface area (Å²) in [6, 6.07) is 67.3. The molecule has 0 saturated carbocycles. The molecule has 0 atom stereocenters. The molecular formula is C49H37ClN2. The highest BCUT2D eigenvalue weighted by Gasteiger charge is 2.35. The fraction of sp³-hybridized carbons (Fsp3) is 0.0612. The Bertz CT molecular complexity index is 2570. The smallest absolute Gasteiger partial charge is 0.0482 e. The zero-order chi connectivity index (χ0) is 35.2. The number of hydrogen-bond acceptors (Lipinski definition) is 2. The molecule has 0 saturated heterocycles. The minimum Gasteiger partial charge on any atom is -0.310 e. The lowest BCUT2D eigenvalue weighted by Gasteiger charge is -2.30. The van der Waals surface area contributed by atoms with E-state index in [0.717, 1.165) is 34.1 Å². The van der Waals surface area contributed by atoms with Crippen molar-refractivity contribution in [2.45, 2.75) is 19.3 Å². The molecule has 0 heterocycles. The maximum atomic E-state index is 6.63. The normalized spacial score (nSPS) is 12.7. The van der Waals surface area contributed by atoms with Crippen molar-refractivity contribution in [3.05, 3.63) is 204 Å². The molecule has 0 spiro atoms. The molecule has 0 unspecified atom stereocenters. The van der Waals surface area contributed by atoms with E-state index in [9.17, 15) is 0 Å². The highest BCUT2D eigenvalue weighted by Crippen LogP contribution is 2.51. The molecule has 1 aliphatic rings. The summed E-state index contributed by atoms with van der Waals surface area (Å²) in [7, 11) is 0. The Morgan fingerprint density at radius 2 is 0.904 bits per heavy atom. The standard InChI is InChI=1S/C49H37ClN2/c1-49(2)47-21-9-8-20-45(47)46-29-28-44(33-48(46)49)52(43-27-24-35-14-6-7-15-37(35)30-43)42-19-11-18-41(32-42)51(40-17-10-16-38(50)31-40)39-25-22-36(23-26-39)34-12-4-3-5-13-34/h3-33H,1-2H3. The van der Waals surface area contributed by atoms with E-state index in [0.29, 0.717) is 5.02 Å². The van der Waals surface area contributed by atoms with E-state index in [2.05, 4.69) is 194 Å². The summed E-state index contributed by atoms with van der Waals surface area (Å²) in [5.74, 6) is 0. The molecule has 8 aromatic carbocycles. The molecule has 0 radical (unpaired) electrons. The van der Waals surface area contributed by atoms with Crippen molar-refractivity contribution >= 4 is 56.5 Å². The highest BCUT2D eigenvalue weighted by molar-refractivity contribution is 6.30. The van der Waals surface area contributed by atoms with Gasteiger partial charge in [-0.15, -0.1) is 0 Å². The first-order valence-corrected chi connectivity index (χ1v) is 18.2. The first-order chi connectivity index (χ1) is 25.4. The van der Waals surface area contributed by atoms with Crippen LogP contribution in [0.1, 0.15) is 25.0 Å². The van der Waals surface area contributed by atoms with Crippen LogP contribution in [0.2, 0.25) is 5.02 Å². The third-order valence-corrected chi connectivity index (χ3v) is 10.7. The molecule has 3 heteroatoms. The van der Waals surface area contributed by atoms with Gasteiger partial charge in [0.1, 0.15) is 0 Å². The van der Waals surface area contributed by atoms with Crippen LogP contribution in [0.4, 0.5) is 34.1 Å². The molecule has 0 fully saturated rings. The van der Waals surface area contributed by atoms with E-state index >= 15 is 0 Å². The Labute approximate surface area is 310 Å². The maximum absolute atomic E-state index is 6.63. The Kier molecular flexibility index (Phi) is 7.91. The van der Waals surface area contributed by atoms with Crippen molar-refractivity contribution in [1.29, 1.82) is 0 Å². The number of fused-ring (bicyclic) bond motifs is 4. The van der Waals surface area contributed by atoms with Gasteiger partial charge in [-0.1, -0.05) is 141 Å². The first kappa shape index (κ1) is 31.9. The van der Waals surface area contributed by atoms with Gasteiger partial charge in [-0.25, -0.2) is 0 Å². The number of halogens is 1. The zero-order valence-corrected chi connectivity index (χ0v) is 29.9. The van der Waals surface area contributed by atoms with E-state index in [1.807, 2.05) is 18.2 Å². The van der Waals surface area contributed by atoms with Gasteiger partial charge in [-0.2, -0.15) is 0 Å². The summed E-state index contributed by atoms with van der Waals surface area (Å²) < 4.78 is 0. The van der Waals surface area contributed by atoms with Gasteiger partial charge in [0.2, 0.25) is 0 Å². The lowest BCUT2D eigenvalue weighted by Crippen LogP contribution is -2.17. The van der Waals surface area contributed by atoms with Crippen LogP contribution >= 0.6 is 11.6 Å². The van der Waals surface area contributed by atoms with Crippen LogP contribution in [0.15, 0.2) is 188 Å². The van der Waals surface area contributed by atoms with Crippen molar-refractivity contribution in [3.63, 3.8) is 0 Å². The molecule has 52 heavy (non-hydrogen) atoms. The van der Waals surface area contributed by atoms with Crippen molar-refractivity contribution in [1.82, 2.24) is 0 Å². The summed E-state index contributed by atoms with van der Waals surface area (Å²) in [6.45, 7) is 4.68. The van der Waals surface area contributed by atoms with Crippen LogP contribution in [-0.2, 0) is 5.41 Å². The third kappa shape index (κ3) is 5.62. The van der Waals surface area contributed by atoms with Crippen LogP contribution in [0.25, 0.3) is 33.0 Å². The van der Waals surface area contributed by atoms with Crippen molar-refractivity contribution in [2.24, 2.45) is 0 Å². The predicted molar refractivity (Wildman–Crippen MR) is 221 cm³/mol. The van der Waals surface area contributed by atoms with Gasteiger partial charge in [0.15, 0.2) is 0 Å². The number of nitrogens with zero attached hydrogens (tertiary/aromatic N) is 2. The fourth-order valence-electron chi connectivity index (χ4n) is 7.86. The second kappa shape index (κ2) is 12.9. The summed E-state index contributed by atoms with van der Waals surface area (Å²) in [6.07, 6.45) is 0. The van der Waals surface area contributed by atoms with Gasteiger partial charge in [-0.05, 0) is 117 Å². The lowest BCUT2D eigenvalue weighted by molar-refractivity contribution is 0.660. The monoisotopic (exact) mass is 688 g/mol. The van der Waals surface area contributed by atoms with Crippen molar-refractivity contribution in [3.8, 4) is 22.3 Å². The first-order valence-electron chi connectivity index (χ1n) is 17.8. The van der Waals surface area contributed by atoms with Crippen LogP contribution in [0.3, 0.4) is 0 Å². The average molecular weight is 689 g/mol. The minimum absolute atomic E-state index is 0.117. The minimum atomic E-state index is -0.117. The fourth-order valence-corrected chi connectivity index (χ4v) is 8.05. The quantitative estimate of drug-likeness (QED) is 0.164. The van der Waals surface area contributed by atoms with Gasteiger partial charge in [0.05, 0.1) is 0 Å². The van der Waals surface area contributed by atoms with Gasteiger partial charge < -0.3 is 9.80 Å². The van der Waals surface area contributed by atoms with Gasteiger partial charge in [-0.3, -0.25) is 0 Å². The summed E-state index contributed by atoms with van der Waals surface area (Å²) in [4.78, 5) is 4.68. The molecule has 1 aliphatic carbocycles. The molecule has 0 aromatic heterocycles. The zero-order valence-electron chi connectivity index (χ0n) is 29.2. The molecule has 0 bridgehead atoms. The van der Waals surface area contributed by atoms with Crippen LogP contribution in [0.5, 0.6) is 0 Å². The van der Waals surface area contributed by atoms with E-state index in [4.69, 9.17) is 11.6 Å². The van der Waals surface area contributed by atoms with Crippen LogP contribution in [-0.4, -0.2) is 0 Å². The van der Waals surface area contributed by atoms with Gasteiger partial charge in [0.25, 0.3) is 0 Å². The van der Waals surface area contributed by atoms with Gasteiger partial charge in [0, 0.05) is 44.6 Å². The SMILES string of the molecule is CC1(C)c2ccccc2-c2ccc(N(c3cccc(N(c4ccc(-c5ccccc5)cc4)c4cccc(Cl)c4)c3)c3ccc4ccccc4c3)cc21. The van der Waals surface area contributed by atoms with E-state index in [1.165, 1.54) is 44.2 Å². The molecule has 0 aliphatic heterocycles. The molecular weight excluding hydrogens is 652 g/mol. The van der Waals surface area contributed by atoms with E-state index in [1.54, 1.807) is 0 Å². The Balaban J connectivity index is 1.20. The Morgan fingerprint density at radius 3 is 1.67 bits per heavy atom. The molecule has 8 aromatic rings. The average Bonchev–Trinajstić information content (AvgIpc) is 3.41. The maximum Gasteiger partial charge on any atom is 0.0482 e. The number of hydrogen-bond donors (Lipinski definition) is 0. The van der Waals surface area contributed by atoms with Crippen molar-refractivity contribution < 1.29 is 0 Å². The van der Waals surface area contributed by atoms with E-state index in [-0.39, 0.29) is 5.41 Å². The van der Waals surface area contributed by atoms with Crippen LogP contribution in [0, 0.1) is 0 Å². The molecule has 9 rings (SSSR count). The number of anilines is 6. The van der Waals surface area contributed by atoms with Crippen molar-refractivity contribution in [2.75, 3.05) is 9.80 Å². The van der Waals surface area contributed by atoms with Gasteiger partial charge >= 0.3 is 0 Å². The summed E-state index contributed by atoms with van der Waals surface area (Å²) >= 11 is 6.63. The summed E-state index contributed by atoms with van der Waals surface area (Å²) in [5, 5.41) is 3.12. The number of benzene rings is 8. The third-order valence-electron chi connectivity index (χ3n) is 10.5. The summed E-state index contributed by atoms with van der Waals surface area (Å²) in [5.41, 5.74) is 14.0. The molecule has 0 N–H and O–H groups in total. The Hall–Kier alpha value is -6.09. The number of rotatable bonds is 7. The molecule has 0 amide bonds. The highest BCUT2D eigenvalue weighted by atomic mass is 35.5. The molecule has 2 nitrogen and oxygen atoms in total. The molecule has 250 valence electrons. The second-order valence-corrected chi connectivity index (χ2v) is 14.5. The predicted octanol–water partition coefficient (Wildman–Crippen LogP) is 14.4. The van der Waals surface area contributed by atoms with E-state index < -0.39 is 0 Å². The second-order valence-electron chi connectivity index (χ2n) is 14.0. The van der Waals surface area contributed by atoms with Crippen LogP contribution < -0.4 is 9.80 Å². The largest absolute Gasteiger partial charge is 0.310 e.